The smallest absolute Gasteiger partial charge is 0.328 e. The van der Waals surface area contributed by atoms with Crippen molar-refractivity contribution >= 4 is 17.8 Å². The van der Waals surface area contributed by atoms with Gasteiger partial charge in [0.25, 0.3) is 0 Å². The van der Waals surface area contributed by atoms with Crippen LogP contribution in [-0.4, -0.2) is 38.1 Å². The Hall–Kier alpha value is -2.88. The molecule has 1 rings (SSSR count). The Balaban J connectivity index is 2.68. The normalized spacial score (nSPS) is 11.0. The van der Waals surface area contributed by atoms with Gasteiger partial charge in [0.2, 0.25) is 5.91 Å². The summed E-state index contributed by atoms with van der Waals surface area (Å²) in [5.74, 6) is -1.53. The molecule has 0 radical (unpaired) electrons. The Morgan fingerprint density at radius 3 is 2.30 bits per heavy atom. The summed E-state index contributed by atoms with van der Waals surface area (Å²) in [7, 11) is 2.47. The predicted molar refractivity (Wildman–Crippen MR) is 80.1 cm³/mol. The van der Waals surface area contributed by atoms with Crippen LogP contribution < -0.4 is 5.32 Å². The third kappa shape index (κ3) is 6.18. The van der Waals surface area contributed by atoms with Gasteiger partial charge < -0.3 is 14.8 Å². The SMILES string of the molecule is COC(=O)CCC(=O)N[C@H](Cc1ccc(C#N)cc1)C(=O)OC. The van der Waals surface area contributed by atoms with Crippen molar-refractivity contribution in [1.29, 1.82) is 5.26 Å². The highest BCUT2D eigenvalue weighted by molar-refractivity contribution is 5.86. The van der Waals surface area contributed by atoms with Gasteiger partial charge in [0, 0.05) is 12.8 Å². The van der Waals surface area contributed by atoms with Crippen molar-refractivity contribution in [2.45, 2.75) is 25.3 Å². The monoisotopic (exact) mass is 318 g/mol. The van der Waals surface area contributed by atoms with Crippen LogP contribution in [0.1, 0.15) is 24.0 Å². The highest BCUT2D eigenvalue weighted by atomic mass is 16.5. The lowest BCUT2D eigenvalue weighted by Crippen LogP contribution is -2.43. The lowest BCUT2D eigenvalue weighted by atomic mass is 10.0. The van der Waals surface area contributed by atoms with Crippen LogP contribution in [-0.2, 0) is 30.3 Å². The summed E-state index contributed by atoms with van der Waals surface area (Å²) in [6.07, 6.45) is 0.0863. The van der Waals surface area contributed by atoms with Gasteiger partial charge in [0.1, 0.15) is 6.04 Å². The fourth-order valence-electron chi connectivity index (χ4n) is 1.87. The maximum atomic E-state index is 11.8. The molecule has 1 aromatic carbocycles. The van der Waals surface area contributed by atoms with E-state index in [1.807, 2.05) is 6.07 Å². The van der Waals surface area contributed by atoms with Gasteiger partial charge in [-0.25, -0.2) is 4.79 Å². The molecule has 0 aromatic heterocycles. The first-order valence-corrected chi connectivity index (χ1v) is 6.93. The van der Waals surface area contributed by atoms with E-state index in [9.17, 15) is 14.4 Å². The van der Waals surface area contributed by atoms with Crippen LogP contribution in [0.5, 0.6) is 0 Å². The van der Waals surface area contributed by atoms with Crippen molar-refractivity contribution in [2.75, 3.05) is 14.2 Å². The van der Waals surface area contributed by atoms with Gasteiger partial charge in [-0.15, -0.1) is 0 Å². The van der Waals surface area contributed by atoms with Gasteiger partial charge in [0.05, 0.1) is 32.3 Å². The predicted octanol–water partition coefficient (Wildman–Crippen LogP) is 0.712. The molecule has 0 heterocycles. The first-order chi connectivity index (χ1) is 11.0. The summed E-state index contributed by atoms with van der Waals surface area (Å²) in [6.45, 7) is 0. The molecule has 0 fully saturated rings. The largest absolute Gasteiger partial charge is 0.469 e. The maximum Gasteiger partial charge on any atom is 0.328 e. The zero-order chi connectivity index (χ0) is 17.2. The first-order valence-electron chi connectivity index (χ1n) is 6.93. The van der Waals surface area contributed by atoms with Crippen molar-refractivity contribution in [3.05, 3.63) is 35.4 Å². The zero-order valence-electron chi connectivity index (χ0n) is 13.0. The van der Waals surface area contributed by atoms with Gasteiger partial charge in [-0.1, -0.05) is 12.1 Å². The average Bonchev–Trinajstić information content (AvgIpc) is 2.58. The van der Waals surface area contributed by atoms with Crippen LogP contribution in [0.25, 0.3) is 0 Å². The summed E-state index contributed by atoms with van der Waals surface area (Å²) in [5, 5.41) is 11.3. The third-order valence-electron chi connectivity index (χ3n) is 3.13. The van der Waals surface area contributed by atoms with E-state index in [1.165, 1.54) is 14.2 Å². The summed E-state index contributed by atoms with van der Waals surface area (Å²) >= 11 is 0. The number of ether oxygens (including phenoxy) is 2. The maximum absolute atomic E-state index is 11.8. The molecule has 7 nitrogen and oxygen atoms in total. The van der Waals surface area contributed by atoms with Gasteiger partial charge in [0.15, 0.2) is 0 Å². The topological polar surface area (TPSA) is 105 Å². The number of esters is 2. The van der Waals surface area contributed by atoms with Gasteiger partial charge in [-0.05, 0) is 17.7 Å². The zero-order valence-corrected chi connectivity index (χ0v) is 13.0. The summed E-state index contributed by atoms with van der Waals surface area (Å²) in [5.41, 5.74) is 1.28. The van der Waals surface area contributed by atoms with E-state index >= 15 is 0 Å². The van der Waals surface area contributed by atoms with Gasteiger partial charge in [-0.3, -0.25) is 9.59 Å². The molecule has 1 N–H and O–H groups in total. The molecule has 23 heavy (non-hydrogen) atoms. The number of carbonyl (C=O) groups excluding carboxylic acids is 3. The standard InChI is InChI=1S/C16H18N2O5/c1-22-15(20)8-7-14(19)18-13(16(21)23-2)9-11-3-5-12(10-17)6-4-11/h3-6,13H,7-9H2,1-2H3,(H,18,19)/t13-/m1/s1. The van der Waals surface area contributed by atoms with Crippen LogP contribution in [0, 0.1) is 11.3 Å². The molecular weight excluding hydrogens is 300 g/mol. The van der Waals surface area contributed by atoms with E-state index in [0.29, 0.717) is 5.56 Å². The number of benzene rings is 1. The number of nitrogens with zero attached hydrogens (tertiary/aromatic N) is 1. The number of nitrogens with one attached hydrogen (secondary N) is 1. The molecule has 0 aliphatic heterocycles. The van der Waals surface area contributed by atoms with Crippen molar-refractivity contribution in [1.82, 2.24) is 5.32 Å². The Morgan fingerprint density at radius 1 is 1.13 bits per heavy atom. The number of rotatable bonds is 7. The Kier molecular flexibility index (Phi) is 7.27. The van der Waals surface area contributed by atoms with Crippen LogP contribution >= 0.6 is 0 Å². The number of amides is 1. The van der Waals surface area contributed by atoms with Crippen LogP contribution in [0.15, 0.2) is 24.3 Å². The molecular formula is C16H18N2O5. The van der Waals surface area contributed by atoms with Crippen LogP contribution in [0.4, 0.5) is 0 Å². The van der Waals surface area contributed by atoms with Gasteiger partial charge >= 0.3 is 11.9 Å². The second-order valence-corrected chi connectivity index (χ2v) is 4.73. The van der Waals surface area contributed by atoms with Crippen molar-refractivity contribution in [2.24, 2.45) is 0 Å². The number of hydrogen-bond donors (Lipinski definition) is 1. The molecule has 0 aliphatic rings. The van der Waals surface area contributed by atoms with E-state index in [4.69, 9.17) is 5.26 Å². The molecule has 0 unspecified atom stereocenters. The van der Waals surface area contributed by atoms with Crippen molar-refractivity contribution in [3.63, 3.8) is 0 Å². The number of methoxy groups -OCH3 is 2. The lowest BCUT2D eigenvalue weighted by molar-refractivity contribution is -0.145. The minimum absolute atomic E-state index is 0.0624. The van der Waals surface area contributed by atoms with Gasteiger partial charge in [-0.2, -0.15) is 5.26 Å². The van der Waals surface area contributed by atoms with Crippen LogP contribution in [0.2, 0.25) is 0 Å². The minimum atomic E-state index is -0.863. The molecule has 122 valence electrons. The van der Waals surface area contributed by atoms with E-state index < -0.39 is 23.9 Å². The molecule has 0 bridgehead atoms. The number of nitriles is 1. The van der Waals surface area contributed by atoms with Crippen molar-refractivity contribution in [3.8, 4) is 6.07 Å². The molecule has 0 saturated heterocycles. The molecule has 1 atom stereocenters. The summed E-state index contributed by atoms with van der Waals surface area (Å²) in [4.78, 5) is 34.6. The average molecular weight is 318 g/mol. The van der Waals surface area contributed by atoms with E-state index in [1.54, 1.807) is 24.3 Å². The summed E-state index contributed by atoms with van der Waals surface area (Å²) in [6, 6.07) is 7.80. The highest BCUT2D eigenvalue weighted by Gasteiger charge is 2.22. The first kappa shape index (κ1) is 18.2. The molecule has 7 heteroatoms. The fraction of sp³-hybridized carbons (Fsp3) is 0.375. The number of hydrogen-bond acceptors (Lipinski definition) is 6. The third-order valence-corrected chi connectivity index (χ3v) is 3.13. The minimum Gasteiger partial charge on any atom is -0.469 e. The molecule has 1 amide bonds. The quantitative estimate of drug-likeness (QED) is 0.742. The number of carbonyl (C=O) groups is 3. The molecule has 1 aromatic rings. The molecule has 0 saturated carbocycles. The van der Waals surface area contributed by atoms with E-state index in [2.05, 4.69) is 14.8 Å². The second-order valence-electron chi connectivity index (χ2n) is 4.73. The molecule has 0 spiro atoms. The fourth-order valence-corrected chi connectivity index (χ4v) is 1.87. The van der Waals surface area contributed by atoms with Crippen molar-refractivity contribution < 1.29 is 23.9 Å². The van der Waals surface area contributed by atoms with E-state index in [0.717, 1.165) is 5.56 Å². The lowest BCUT2D eigenvalue weighted by Gasteiger charge is -2.16. The second kappa shape index (κ2) is 9.20. The summed E-state index contributed by atoms with van der Waals surface area (Å²) < 4.78 is 9.13. The van der Waals surface area contributed by atoms with E-state index in [-0.39, 0.29) is 19.3 Å². The highest BCUT2D eigenvalue weighted by Crippen LogP contribution is 2.08. The Labute approximate surface area is 134 Å². The Bertz CT molecular complexity index is 604. The van der Waals surface area contributed by atoms with Crippen LogP contribution in [0.3, 0.4) is 0 Å². The Morgan fingerprint density at radius 2 is 1.78 bits per heavy atom. The molecule has 0 aliphatic carbocycles.